The van der Waals surface area contributed by atoms with Gasteiger partial charge in [-0.2, -0.15) is 0 Å². The summed E-state index contributed by atoms with van der Waals surface area (Å²) >= 11 is 0. The molecule has 0 fully saturated rings. The van der Waals surface area contributed by atoms with Crippen LogP contribution in [0.25, 0.3) is 0 Å². The molecule has 0 radical (unpaired) electrons. The smallest absolute Gasteiger partial charge is 0.137 e. The SMILES string of the molecule is COc1ccc(C(C)CN)nc1. The molecular weight excluding hydrogens is 152 g/mol. The number of nitrogens with zero attached hydrogens (tertiary/aromatic N) is 1. The number of methoxy groups -OCH3 is 1. The van der Waals surface area contributed by atoms with Crippen molar-refractivity contribution >= 4 is 0 Å². The highest BCUT2D eigenvalue weighted by Gasteiger charge is 2.03. The summed E-state index contributed by atoms with van der Waals surface area (Å²) < 4.78 is 4.99. The molecule has 0 saturated carbocycles. The highest BCUT2D eigenvalue weighted by molar-refractivity contribution is 5.21. The Morgan fingerprint density at radius 3 is 2.75 bits per heavy atom. The second-order valence-corrected chi connectivity index (χ2v) is 2.76. The molecule has 12 heavy (non-hydrogen) atoms. The largest absolute Gasteiger partial charge is 0.495 e. The Morgan fingerprint density at radius 1 is 1.58 bits per heavy atom. The molecule has 0 saturated heterocycles. The van der Waals surface area contributed by atoms with Crippen LogP contribution in [0.15, 0.2) is 18.3 Å². The molecule has 0 bridgehead atoms. The summed E-state index contributed by atoms with van der Waals surface area (Å²) in [6.45, 7) is 2.67. The van der Waals surface area contributed by atoms with Crippen LogP contribution in [0.3, 0.4) is 0 Å². The average molecular weight is 166 g/mol. The van der Waals surface area contributed by atoms with Gasteiger partial charge in [0.2, 0.25) is 0 Å². The first kappa shape index (κ1) is 9.00. The van der Waals surface area contributed by atoms with Crippen LogP contribution in [0.5, 0.6) is 5.75 Å². The maximum absolute atomic E-state index is 5.50. The molecule has 0 aliphatic carbocycles. The van der Waals surface area contributed by atoms with Gasteiger partial charge < -0.3 is 10.5 Å². The fourth-order valence-corrected chi connectivity index (χ4v) is 0.925. The first-order chi connectivity index (χ1) is 5.77. The van der Waals surface area contributed by atoms with E-state index in [4.69, 9.17) is 10.5 Å². The van der Waals surface area contributed by atoms with Gasteiger partial charge in [-0.3, -0.25) is 4.98 Å². The fourth-order valence-electron chi connectivity index (χ4n) is 0.925. The Bertz CT molecular complexity index is 233. The van der Waals surface area contributed by atoms with Crippen LogP contribution in [-0.2, 0) is 0 Å². The van der Waals surface area contributed by atoms with Crippen molar-refractivity contribution in [2.75, 3.05) is 13.7 Å². The first-order valence-corrected chi connectivity index (χ1v) is 3.98. The second kappa shape index (κ2) is 4.07. The molecule has 0 spiro atoms. The zero-order valence-electron chi connectivity index (χ0n) is 7.45. The van der Waals surface area contributed by atoms with E-state index in [9.17, 15) is 0 Å². The van der Waals surface area contributed by atoms with Crippen molar-refractivity contribution in [3.05, 3.63) is 24.0 Å². The molecule has 2 N–H and O–H groups in total. The minimum Gasteiger partial charge on any atom is -0.495 e. The zero-order valence-corrected chi connectivity index (χ0v) is 7.45. The highest BCUT2D eigenvalue weighted by Crippen LogP contribution is 2.14. The Morgan fingerprint density at radius 2 is 2.33 bits per heavy atom. The Balaban J connectivity index is 2.77. The van der Waals surface area contributed by atoms with Gasteiger partial charge in [0.05, 0.1) is 13.3 Å². The Hall–Kier alpha value is -1.09. The van der Waals surface area contributed by atoms with Gasteiger partial charge in [-0.1, -0.05) is 6.92 Å². The van der Waals surface area contributed by atoms with E-state index in [2.05, 4.69) is 11.9 Å². The fraction of sp³-hybridized carbons (Fsp3) is 0.444. The molecule has 3 heteroatoms. The molecule has 3 nitrogen and oxygen atoms in total. The van der Waals surface area contributed by atoms with Gasteiger partial charge in [0.15, 0.2) is 0 Å². The molecule has 1 aromatic heterocycles. The molecular formula is C9H14N2O. The summed E-state index contributed by atoms with van der Waals surface area (Å²) in [5.41, 5.74) is 6.52. The van der Waals surface area contributed by atoms with E-state index in [1.807, 2.05) is 12.1 Å². The van der Waals surface area contributed by atoms with Crippen LogP contribution < -0.4 is 10.5 Å². The van der Waals surface area contributed by atoms with Gasteiger partial charge in [0.1, 0.15) is 5.75 Å². The van der Waals surface area contributed by atoms with E-state index in [1.165, 1.54) is 0 Å². The summed E-state index contributed by atoms with van der Waals surface area (Å²) in [4.78, 5) is 4.22. The van der Waals surface area contributed by atoms with E-state index in [0.29, 0.717) is 12.5 Å². The van der Waals surface area contributed by atoms with Gasteiger partial charge in [-0.05, 0) is 12.1 Å². The second-order valence-electron chi connectivity index (χ2n) is 2.76. The molecule has 1 heterocycles. The predicted molar refractivity (Wildman–Crippen MR) is 48.3 cm³/mol. The number of rotatable bonds is 3. The number of nitrogens with two attached hydrogens (primary N) is 1. The van der Waals surface area contributed by atoms with Crippen molar-refractivity contribution in [1.29, 1.82) is 0 Å². The number of ether oxygens (including phenoxy) is 1. The lowest BCUT2D eigenvalue weighted by atomic mass is 10.1. The molecule has 0 aromatic carbocycles. The standard InChI is InChI=1S/C9H14N2O/c1-7(5-10)9-4-3-8(12-2)6-11-9/h3-4,6-7H,5,10H2,1-2H3. The Kier molecular flexibility index (Phi) is 3.05. The van der Waals surface area contributed by atoms with Crippen LogP contribution in [0, 0.1) is 0 Å². The summed E-state index contributed by atoms with van der Waals surface area (Å²) in [5, 5.41) is 0. The van der Waals surface area contributed by atoms with E-state index in [-0.39, 0.29) is 0 Å². The zero-order chi connectivity index (χ0) is 8.97. The lowest BCUT2D eigenvalue weighted by Gasteiger charge is -2.07. The maximum Gasteiger partial charge on any atom is 0.137 e. The Labute approximate surface area is 72.6 Å². The van der Waals surface area contributed by atoms with Crippen molar-refractivity contribution in [1.82, 2.24) is 4.98 Å². The molecule has 0 aliphatic heterocycles. The molecule has 1 atom stereocenters. The third-order valence-corrected chi connectivity index (χ3v) is 1.85. The molecule has 66 valence electrons. The minimum absolute atomic E-state index is 0.316. The van der Waals surface area contributed by atoms with E-state index >= 15 is 0 Å². The van der Waals surface area contributed by atoms with Gasteiger partial charge in [0, 0.05) is 18.2 Å². The van der Waals surface area contributed by atoms with Crippen LogP contribution in [-0.4, -0.2) is 18.6 Å². The lowest BCUT2D eigenvalue weighted by molar-refractivity contribution is 0.412. The van der Waals surface area contributed by atoms with Crippen LogP contribution in [0.4, 0.5) is 0 Å². The van der Waals surface area contributed by atoms with E-state index < -0.39 is 0 Å². The lowest BCUT2D eigenvalue weighted by Crippen LogP contribution is -2.10. The summed E-state index contributed by atoms with van der Waals surface area (Å²) in [6.07, 6.45) is 1.71. The van der Waals surface area contributed by atoms with Gasteiger partial charge >= 0.3 is 0 Å². The first-order valence-electron chi connectivity index (χ1n) is 3.98. The monoisotopic (exact) mass is 166 g/mol. The van der Waals surface area contributed by atoms with Crippen molar-refractivity contribution in [3.63, 3.8) is 0 Å². The number of aromatic nitrogens is 1. The van der Waals surface area contributed by atoms with E-state index in [0.717, 1.165) is 11.4 Å². The third kappa shape index (κ3) is 1.95. The van der Waals surface area contributed by atoms with Crippen LogP contribution in [0.1, 0.15) is 18.5 Å². The normalized spacial score (nSPS) is 12.6. The quantitative estimate of drug-likeness (QED) is 0.732. The third-order valence-electron chi connectivity index (χ3n) is 1.85. The molecule has 1 rings (SSSR count). The van der Waals surface area contributed by atoms with Crippen molar-refractivity contribution in [2.24, 2.45) is 5.73 Å². The topological polar surface area (TPSA) is 48.1 Å². The van der Waals surface area contributed by atoms with Gasteiger partial charge in [-0.25, -0.2) is 0 Å². The summed E-state index contributed by atoms with van der Waals surface area (Å²) in [5.74, 6) is 1.10. The highest BCUT2D eigenvalue weighted by atomic mass is 16.5. The molecule has 1 unspecified atom stereocenters. The maximum atomic E-state index is 5.50. The minimum atomic E-state index is 0.316. The van der Waals surface area contributed by atoms with Crippen molar-refractivity contribution < 1.29 is 4.74 Å². The molecule has 0 aliphatic rings. The van der Waals surface area contributed by atoms with E-state index in [1.54, 1.807) is 13.3 Å². The average Bonchev–Trinajstić information content (AvgIpc) is 2.17. The summed E-state index contributed by atoms with van der Waals surface area (Å²) in [6, 6.07) is 3.84. The van der Waals surface area contributed by atoms with Crippen molar-refractivity contribution in [3.8, 4) is 5.75 Å². The number of pyridine rings is 1. The van der Waals surface area contributed by atoms with Crippen LogP contribution in [0.2, 0.25) is 0 Å². The molecule has 1 aromatic rings. The van der Waals surface area contributed by atoms with Gasteiger partial charge in [0.25, 0.3) is 0 Å². The number of hydrogen-bond acceptors (Lipinski definition) is 3. The number of hydrogen-bond donors (Lipinski definition) is 1. The van der Waals surface area contributed by atoms with Gasteiger partial charge in [-0.15, -0.1) is 0 Å². The summed E-state index contributed by atoms with van der Waals surface area (Å²) in [7, 11) is 1.63. The van der Waals surface area contributed by atoms with Crippen LogP contribution >= 0.6 is 0 Å². The van der Waals surface area contributed by atoms with Crippen molar-refractivity contribution in [2.45, 2.75) is 12.8 Å². The predicted octanol–water partition coefficient (Wildman–Crippen LogP) is 1.15. The molecule has 0 amide bonds.